The normalized spacial score (nSPS) is 23.0. The first-order valence-corrected chi connectivity index (χ1v) is 9.72. The highest BCUT2D eigenvalue weighted by Crippen LogP contribution is 2.22. The fourth-order valence-electron chi connectivity index (χ4n) is 2.81. The number of ether oxygens (including phenoxy) is 1. The second-order valence-corrected chi connectivity index (χ2v) is 9.38. The van der Waals surface area contributed by atoms with Gasteiger partial charge in [-0.2, -0.15) is 17.0 Å². The van der Waals surface area contributed by atoms with Gasteiger partial charge in [0.25, 0.3) is 10.2 Å². The molecule has 0 radical (unpaired) electrons. The molecule has 0 aromatic rings. The third-order valence-corrected chi connectivity index (χ3v) is 6.32. The summed E-state index contributed by atoms with van der Waals surface area (Å²) in [4.78, 5) is 13.6. The lowest BCUT2D eigenvalue weighted by Gasteiger charge is -2.38. The van der Waals surface area contributed by atoms with Crippen LogP contribution in [-0.4, -0.2) is 72.9 Å². The molecule has 0 aromatic heterocycles. The van der Waals surface area contributed by atoms with E-state index in [1.165, 1.54) is 4.31 Å². The van der Waals surface area contributed by atoms with E-state index >= 15 is 0 Å². The Morgan fingerprint density at radius 1 is 0.957 bits per heavy atom. The van der Waals surface area contributed by atoms with E-state index in [0.717, 1.165) is 12.8 Å². The van der Waals surface area contributed by atoms with Gasteiger partial charge in [-0.25, -0.2) is 4.79 Å². The molecule has 0 N–H and O–H groups in total. The average molecular weight is 347 g/mol. The van der Waals surface area contributed by atoms with Crippen LogP contribution in [0.5, 0.6) is 0 Å². The Morgan fingerprint density at radius 2 is 1.43 bits per heavy atom. The van der Waals surface area contributed by atoms with E-state index in [-0.39, 0.29) is 6.09 Å². The van der Waals surface area contributed by atoms with Gasteiger partial charge < -0.3 is 9.64 Å². The van der Waals surface area contributed by atoms with Gasteiger partial charge in [0.1, 0.15) is 5.60 Å². The summed E-state index contributed by atoms with van der Waals surface area (Å²) in [6, 6.07) is 0. The van der Waals surface area contributed by atoms with Gasteiger partial charge >= 0.3 is 6.09 Å². The highest BCUT2D eigenvalue weighted by Gasteiger charge is 2.35. The zero-order chi connectivity index (χ0) is 17.3. The number of hydrogen-bond acceptors (Lipinski definition) is 4. The van der Waals surface area contributed by atoms with Crippen LogP contribution in [0.25, 0.3) is 0 Å². The average Bonchev–Trinajstić information content (AvgIpc) is 2.46. The van der Waals surface area contributed by atoms with Crippen molar-refractivity contribution in [3.8, 4) is 0 Å². The van der Waals surface area contributed by atoms with Crippen molar-refractivity contribution in [3.05, 3.63) is 0 Å². The van der Waals surface area contributed by atoms with Gasteiger partial charge in [-0.15, -0.1) is 0 Å². The van der Waals surface area contributed by atoms with E-state index in [2.05, 4.69) is 6.92 Å². The van der Waals surface area contributed by atoms with Crippen LogP contribution in [0.15, 0.2) is 0 Å². The standard InChI is InChI=1S/C15H29N3O4S/c1-13-5-7-17(8-6-13)23(20,21)18-11-9-16(10-12-18)14(19)22-15(2,3)4/h13H,5-12H2,1-4H3. The van der Waals surface area contributed by atoms with Crippen LogP contribution in [0.1, 0.15) is 40.5 Å². The maximum absolute atomic E-state index is 12.7. The van der Waals surface area contributed by atoms with Crippen molar-refractivity contribution < 1.29 is 17.9 Å². The summed E-state index contributed by atoms with van der Waals surface area (Å²) in [6.07, 6.45) is 1.45. The van der Waals surface area contributed by atoms with Gasteiger partial charge in [0.2, 0.25) is 0 Å². The smallest absolute Gasteiger partial charge is 0.410 e. The number of hydrogen-bond donors (Lipinski definition) is 0. The fraction of sp³-hybridized carbons (Fsp3) is 0.933. The van der Waals surface area contributed by atoms with Gasteiger partial charge in [-0.3, -0.25) is 0 Å². The second kappa shape index (κ2) is 6.94. The molecular formula is C15H29N3O4S. The Balaban J connectivity index is 1.89. The van der Waals surface area contributed by atoms with Crippen LogP contribution < -0.4 is 0 Å². The van der Waals surface area contributed by atoms with Gasteiger partial charge in [-0.05, 0) is 39.5 Å². The number of nitrogens with zero attached hydrogens (tertiary/aromatic N) is 3. The lowest BCUT2D eigenvalue weighted by molar-refractivity contribution is 0.0189. The summed E-state index contributed by atoms with van der Waals surface area (Å²) in [7, 11) is -3.40. The lowest BCUT2D eigenvalue weighted by Crippen LogP contribution is -2.55. The van der Waals surface area contributed by atoms with Gasteiger partial charge in [0, 0.05) is 39.3 Å². The monoisotopic (exact) mass is 347 g/mol. The highest BCUT2D eigenvalue weighted by molar-refractivity contribution is 7.86. The molecule has 0 unspecified atom stereocenters. The molecule has 8 heteroatoms. The van der Waals surface area contributed by atoms with Gasteiger partial charge in [0.15, 0.2) is 0 Å². The molecule has 7 nitrogen and oxygen atoms in total. The summed E-state index contributed by atoms with van der Waals surface area (Å²) >= 11 is 0. The number of amides is 1. The highest BCUT2D eigenvalue weighted by atomic mass is 32.2. The van der Waals surface area contributed by atoms with Crippen molar-refractivity contribution in [2.75, 3.05) is 39.3 Å². The molecule has 2 saturated heterocycles. The summed E-state index contributed by atoms with van der Waals surface area (Å²) < 4.78 is 33.7. The number of piperidine rings is 1. The Labute approximate surface area is 139 Å². The molecule has 0 bridgehead atoms. The van der Waals surface area contributed by atoms with E-state index in [4.69, 9.17) is 4.74 Å². The van der Waals surface area contributed by atoms with Gasteiger partial charge in [-0.1, -0.05) is 6.92 Å². The SMILES string of the molecule is CC1CCN(S(=O)(=O)N2CCN(C(=O)OC(C)(C)C)CC2)CC1. The molecule has 0 aliphatic carbocycles. The zero-order valence-electron chi connectivity index (χ0n) is 14.6. The van der Waals surface area contributed by atoms with Crippen LogP contribution in [0, 0.1) is 5.92 Å². The Kier molecular flexibility index (Phi) is 5.58. The second-order valence-electron chi connectivity index (χ2n) is 7.46. The van der Waals surface area contributed by atoms with E-state index in [0.29, 0.717) is 45.2 Å². The van der Waals surface area contributed by atoms with Gasteiger partial charge in [0.05, 0.1) is 0 Å². The van der Waals surface area contributed by atoms with Crippen molar-refractivity contribution in [3.63, 3.8) is 0 Å². The number of carbonyl (C=O) groups excluding carboxylic acids is 1. The van der Waals surface area contributed by atoms with Crippen LogP contribution in [-0.2, 0) is 14.9 Å². The Bertz CT molecular complexity index is 513. The first kappa shape index (κ1) is 18.5. The fourth-order valence-corrected chi connectivity index (χ4v) is 4.43. The largest absolute Gasteiger partial charge is 0.444 e. The summed E-state index contributed by atoms with van der Waals surface area (Å²) in [5, 5.41) is 0. The number of carbonyl (C=O) groups is 1. The maximum atomic E-state index is 12.7. The molecule has 2 heterocycles. The summed E-state index contributed by atoms with van der Waals surface area (Å²) in [5.41, 5.74) is -0.537. The van der Waals surface area contributed by atoms with Crippen molar-refractivity contribution in [1.82, 2.24) is 13.5 Å². The molecule has 2 aliphatic heterocycles. The lowest BCUT2D eigenvalue weighted by atomic mass is 10.0. The molecular weight excluding hydrogens is 318 g/mol. The van der Waals surface area contributed by atoms with Crippen LogP contribution in [0.4, 0.5) is 4.79 Å². The maximum Gasteiger partial charge on any atom is 0.410 e. The molecule has 1 amide bonds. The van der Waals surface area contributed by atoms with E-state index in [9.17, 15) is 13.2 Å². The molecule has 2 aliphatic rings. The van der Waals surface area contributed by atoms with Crippen molar-refractivity contribution in [1.29, 1.82) is 0 Å². The minimum atomic E-state index is -3.40. The van der Waals surface area contributed by atoms with E-state index < -0.39 is 15.8 Å². The van der Waals surface area contributed by atoms with E-state index in [1.807, 2.05) is 20.8 Å². The molecule has 134 valence electrons. The zero-order valence-corrected chi connectivity index (χ0v) is 15.4. The third kappa shape index (κ3) is 4.81. The quantitative estimate of drug-likeness (QED) is 0.759. The minimum Gasteiger partial charge on any atom is -0.444 e. The molecule has 0 saturated carbocycles. The molecule has 0 aromatic carbocycles. The molecule has 23 heavy (non-hydrogen) atoms. The predicted molar refractivity (Wildman–Crippen MR) is 88.3 cm³/mol. The topological polar surface area (TPSA) is 70.2 Å². The third-order valence-electron chi connectivity index (χ3n) is 4.29. The number of rotatable bonds is 2. The van der Waals surface area contributed by atoms with Crippen molar-refractivity contribution in [2.45, 2.75) is 46.1 Å². The predicted octanol–water partition coefficient (Wildman–Crippen LogP) is 1.52. The minimum absolute atomic E-state index is 0.327. The first-order chi connectivity index (χ1) is 10.6. The van der Waals surface area contributed by atoms with Crippen molar-refractivity contribution >= 4 is 16.3 Å². The molecule has 0 atom stereocenters. The number of piperazine rings is 1. The Morgan fingerprint density at radius 3 is 1.91 bits per heavy atom. The van der Waals surface area contributed by atoms with Crippen molar-refractivity contribution in [2.24, 2.45) is 5.92 Å². The molecule has 2 fully saturated rings. The molecule has 2 rings (SSSR count). The Hall–Kier alpha value is -0.860. The summed E-state index contributed by atoms with van der Waals surface area (Å²) in [6.45, 7) is 10.2. The van der Waals surface area contributed by atoms with E-state index in [1.54, 1.807) is 9.21 Å². The molecule has 0 spiro atoms. The van der Waals surface area contributed by atoms with Crippen LogP contribution in [0.3, 0.4) is 0 Å². The van der Waals surface area contributed by atoms with Crippen LogP contribution in [0.2, 0.25) is 0 Å². The summed E-state index contributed by atoms with van der Waals surface area (Å²) in [5.74, 6) is 0.588. The first-order valence-electron chi connectivity index (χ1n) is 8.33. The van der Waals surface area contributed by atoms with Crippen LogP contribution >= 0.6 is 0 Å².